The lowest BCUT2D eigenvalue weighted by molar-refractivity contribution is 0.331. The van der Waals surface area contributed by atoms with Gasteiger partial charge in [-0.15, -0.1) is 0 Å². The monoisotopic (exact) mass is 148 g/mol. The van der Waals surface area contributed by atoms with Crippen LogP contribution < -0.4 is 0 Å². The summed E-state index contributed by atoms with van der Waals surface area (Å²) >= 11 is 0. The molecule has 11 heavy (non-hydrogen) atoms. The molecule has 0 saturated carbocycles. The van der Waals surface area contributed by atoms with Crippen LogP contribution in [0.5, 0.6) is 0 Å². The van der Waals surface area contributed by atoms with Crippen molar-refractivity contribution in [2.45, 2.75) is 12.8 Å². The molecular formula is C10H12O. The van der Waals surface area contributed by atoms with Gasteiger partial charge < -0.3 is 4.74 Å². The van der Waals surface area contributed by atoms with E-state index >= 15 is 0 Å². The van der Waals surface area contributed by atoms with Crippen LogP contribution in [0.1, 0.15) is 12.8 Å². The minimum absolute atomic E-state index is 0.379. The first kappa shape index (κ1) is 6.71. The summed E-state index contributed by atoms with van der Waals surface area (Å²) < 4.78 is 4.95. The topological polar surface area (TPSA) is 9.23 Å². The Hall–Kier alpha value is -0.980. The van der Waals surface area contributed by atoms with E-state index in [2.05, 4.69) is 24.3 Å². The molecule has 0 saturated heterocycles. The van der Waals surface area contributed by atoms with Crippen molar-refractivity contribution in [1.29, 1.82) is 0 Å². The van der Waals surface area contributed by atoms with Gasteiger partial charge in [0.05, 0.1) is 13.4 Å². The molecule has 1 nitrogen and oxygen atoms in total. The maximum atomic E-state index is 4.95. The quantitative estimate of drug-likeness (QED) is 0.410. The molecule has 0 N–H and O–H groups in total. The van der Waals surface area contributed by atoms with Gasteiger partial charge in [-0.05, 0) is 18.4 Å². The van der Waals surface area contributed by atoms with Crippen molar-refractivity contribution in [2.24, 2.45) is 5.41 Å². The second kappa shape index (κ2) is 2.26. The van der Waals surface area contributed by atoms with E-state index in [1.54, 1.807) is 7.11 Å². The summed E-state index contributed by atoms with van der Waals surface area (Å²) in [5, 5.41) is 0. The lowest BCUT2D eigenvalue weighted by Crippen LogP contribution is -2.17. The van der Waals surface area contributed by atoms with E-state index in [1.165, 1.54) is 12.0 Å². The normalized spacial score (nSPS) is 36.6. The largest absolute Gasteiger partial charge is 0.504 e. The molecule has 0 aromatic heterocycles. The maximum absolute atomic E-state index is 4.95. The van der Waals surface area contributed by atoms with Gasteiger partial charge in [0.1, 0.15) is 0 Å². The summed E-state index contributed by atoms with van der Waals surface area (Å²) in [6.07, 6.45) is 13.1. The SMILES string of the molecule is COC=C1C=CC2(C=CC2)C1. The summed E-state index contributed by atoms with van der Waals surface area (Å²) in [6.45, 7) is 0. The molecule has 1 unspecified atom stereocenters. The van der Waals surface area contributed by atoms with E-state index in [1.807, 2.05) is 6.26 Å². The van der Waals surface area contributed by atoms with Gasteiger partial charge in [-0.25, -0.2) is 0 Å². The molecule has 1 atom stereocenters. The predicted octanol–water partition coefficient (Wildman–Crippen LogP) is 2.42. The van der Waals surface area contributed by atoms with Crippen molar-refractivity contribution in [3.05, 3.63) is 36.1 Å². The van der Waals surface area contributed by atoms with Crippen LogP contribution in [0.25, 0.3) is 0 Å². The molecular weight excluding hydrogens is 136 g/mol. The molecule has 0 aromatic carbocycles. The Bertz CT molecular complexity index is 248. The van der Waals surface area contributed by atoms with Gasteiger partial charge in [-0.1, -0.05) is 24.3 Å². The predicted molar refractivity (Wildman–Crippen MR) is 45.0 cm³/mol. The average Bonchev–Trinajstić information content (AvgIpc) is 2.32. The molecule has 0 bridgehead atoms. The van der Waals surface area contributed by atoms with E-state index < -0.39 is 0 Å². The molecule has 58 valence electrons. The maximum Gasteiger partial charge on any atom is 0.0856 e. The molecule has 0 aromatic rings. The second-order valence-electron chi connectivity index (χ2n) is 3.28. The molecule has 0 amide bonds. The zero-order valence-corrected chi connectivity index (χ0v) is 6.71. The Morgan fingerprint density at radius 2 is 2.36 bits per heavy atom. The molecule has 2 rings (SSSR count). The highest BCUT2D eigenvalue weighted by Gasteiger charge is 2.32. The van der Waals surface area contributed by atoms with E-state index in [9.17, 15) is 0 Å². The van der Waals surface area contributed by atoms with Crippen LogP contribution in [0.15, 0.2) is 36.1 Å². The zero-order chi connectivity index (χ0) is 7.73. The van der Waals surface area contributed by atoms with Crippen molar-refractivity contribution in [1.82, 2.24) is 0 Å². The highest BCUT2D eigenvalue weighted by molar-refractivity contribution is 5.37. The summed E-state index contributed by atoms with van der Waals surface area (Å²) in [5.74, 6) is 0. The van der Waals surface area contributed by atoms with Crippen molar-refractivity contribution < 1.29 is 4.74 Å². The molecule has 1 heteroatoms. The van der Waals surface area contributed by atoms with Gasteiger partial charge >= 0.3 is 0 Å². The Morgan fingerprint density at radius 3 is 2.82 bits per heavy atom. The van der Waals surface area contributed by atoms with E-state index in [-0.39, 0.29) is 0 Å². The Labute approximate surface area is 67.1 Å². The average molecular weight is 148 g/mol. The fourth-order valence-corrected chi connectivity index (χ4v) is 1.68. The number of hydrogen-bond donors (Lipinski definition) is 0. The number of hydrogen-bond acceptors (Lipinski definition) is 1. The Morgan fingerprint density at radius 1 is 1.55 bits per heavy atom. The molecule has 2 aliphatic carbocycles. The molecule has 0 radical (unpaired) electrons. The number of ether oxygens (including phenoxy) is 1. The molecule has 0 heterocycles. The lowest BCUT2D eigenvalue weighted by atomic mass is 9.76. The fourth-order valence-electron chi connectivity index (χ4n) is 1.68. The van der Waals surface area contributed by atoms with Crippen LogP contribution in [-0.2, 0) is 4.74 Å². The van der Waals surface area contributed by atoms with Gasteiger partial charge in [-0.3, -0.25) is 0 Å². The molecule has 0 fully saturated rings. The van der Waals surface area contributed by atoms with Gasteiger partial charge in [-0.2, -0.15) is 0 Å². The minimum Gasteiger partial charge on any atom is -0.504 e. The number of rotatable bonds is 1. The molecule has 0 aliphatic heterocycles. The number of allylic oxidation sites excluding steroid dienone is 5. The summed E-state index contributed by atoms with van der Waals surface area (Å²) in [6, 6.07) is 0. The van der Waals surface area contributed by atoms with Crippen LogP contribution >= 0.6 is 0 Å². The highest BCUT2D eigenvalue weighted by Crippen LogP contribution is 2.45. The third-order valence-electron chi connectivity index (χ3n) is 2.38. The standard InChI is InChI=1S/C10H12O/c1-11-8-9-3-6-10(7-9)4-2-5-10/h2-4,6,8H,5,7H2,1H3. The van der Waals surface area contributed by atoms with Gasteiger partial charge in [0.15, 0.2) is 0 Å². The first-order valence-corrected chi connectivity index (χ1v) is 3.93. The van der Waals surface area contributed by atoms with Crippen molar-refractivity contribution in [3.8, 4) is 0 Å². The van der Waals surface area contributed by atoms with Crippen LogP contribution in [0.4, 0.5) is 0 Å². The highest BCUT2D eigenvalue weighted by atomic mass is 16.5. The first-order chi connectivity index (χ1) is 5.35. The van der Waals surface area contributed by atoms with E-state index in [4.69, 9.17) is 4.74 Å². The van der Waals surface area contributed by atoms with Crippen molar-refractivity contribution >= 4 is 0 Å². The number of methoxy groups -OCH3 is 1. The van der Waals surface area contributed by atoms with Gasteiger partial charge in [0.2, 0.25) is 0 Å². The van der Waals surface area contributed by atoms with Crippen LogP contribution in [0.2, 0.25) is 0 Å². The first-order valence-electron chi connectivity index (χ1n) is 3.93. The van der Waals surface area contributed by atoms with Crippen LogP contribution in [0, 0.1) is 5.41 Å². The summed E-state index contributed by atoms with van der Waals surface area (Å²) in [4.78, 5) is 0. The minimum atomic E-state index is 0.379. The van der Waals surface area contributed by atoms with Gasteiger partial charge in [0.25, 0.3) is 0 Å². The summed E-state index contributed by atoms with van der Waals surface area (Å²) in [7, 11) is 1.70. The molecule has 2 aliphatic rings. The molecule has 1 spiro atoms. The van der Waals surface area contributed by atoms with Crippen LogP contribution in [-0.4, -0.2) is 7.11 Å². The van der Waals surface area contributed by atoms with Gasteiger partial charge in [0, 0.05) is 5.41 Å². The Kier molecular flexibility index (Phi) is 1.38. The Balaban J connectivity index is 2.11. The zero-order valence-electron chi connectivity index (χ0n) is 6.71. The lowest BCUT2D eigenvalue weighted by Gasteiger charge is -2.28. The second-order valence-corrected chi connectivity index (χ2v) is 3.28. The van der Waals surface area contributed by atoms with E-state index in [0.717, 1.165) is 6.42 Å². The third-order valence-corrected chi connectivity index (χ3v) is 2.38. The smallest absolute Gasteiger partial charge is 0.0856 e. The fraction of sp³-hybridized carbons (Fsp3) is 0.400. The summed E-state index contributed by atoms with van der Waals surface area (Å²) in [5.41, 5.74) is 1.68. The van der Waals surface area contributed by atoms with E-state index in [0.29, 0.717) is 5.41 Å². The van der Waals surface area contributed by atoms with Crippen molar-refractivity contribution in [2.75, 3.05) is 7.11 Å². The van der Waals surface area contributed by atoms with Crippen molar-refractivity contribution in [3.63, 3.8) is 0 Å². The van der Waals surface area contributed by atoms with Crippen LogP contribution in [0.3, 0.4) is 0 Å². The third kappa shape index (κ3) is 1.01.